The van der Waals surface area contributed by atoms with E-state index < -0.39 is 5.97 Å². The van der Waals surface area contributed by atoms with E-state index in [9.17, 15) is 9.90 Å². The summed E-state index contributed by atoms with van der Waals surface area (Å²) in [6, 6.07) is 3.49. The molecule has 0 aliphatic carbocycles. The van der Waals surface area contributed by atoms with E-state index in [2.05, 4.69) is 4.98 Å². The molecule has 2 rings (SSSR count). The Hall–Kier alpha value is -1.55. The maximum atomic E-state index is 10.4. The molecule has 0 amide bonds. The molecular formula is C9H6ClN2O2-. The number of nitrogens with zero attached hydrogens (tertiary/aromatic N) is 2. The zero-order valence-electron chi connectivity index (χ0n) is 7.11. The highest BCUT2D eigenvalue weighted by Gasteiger charge is 2.02. The zero-order valence-corrected chi connectivity index (χ0v) is 7.86. The maximum Gasteiger partial charge on any atom is 0.140 e. The largest absolute Gasteiger partial charge is 0.548 e. The molecule has 2 heterocycles. The van der Waals surface area contributed by atoms with Crippen molar-refractivity contribution in [2.24, 2.45) is 0 Å². The van der Waals surface area contributed by atoms with E-state index in [4.69, 9.17) is 11.6 Å². The van der Waals surface area contributed by atoms with Crippen LogP contribution in [0.3, 0.4) is 0 Å². The number of carbonyl (C=O) groups excluding carboxylic acids is 1. The van der Waals surface area contributed by atoms with Crippen LogP contribution in [-0.2, 0) is 11.3 Å². The minimum absolute atomic E-state index is 0.196. The van der Waals surface area contributed by atoms with Crippen molar-refractivity contribution >= 4 is 28.6 Å². The number of carboxylic acid groups (broad SMARTS) is 1. The van der Waals surface area contributed by atoms with Crippen LogP contribution < -0.4 is 5.11 Å². The van der Waals surface area contributed by atoms with Crippen LogP contribution in [0.25, 0.3) is 11.0 Å². The number of carboxylic acids is 1. The van der Waals surface area contributed by atoms with Crippen LogP contribution in [0.2, 0.25) is 5.02 Å². The van der Waals surface area contributed by atoms with Gasteiger partial charge in [-0.25, -0.2) is 4.98 Å². The van der Waals surface area contributed by atoms with Gasteiger partial charge in [0, 0.05) is 17.8 Å². The Morgan fingerprint density at radius 1 is 1.64 bits per heavy atom. The van der Waals surface area contributed by atoms with Crippen molar-refractivity contribution in [2.75, 3.05) is 0 Å². The van der Waals surface area contributed by atoms with Gasteiger partial charge in [-0.2, -0.15) is 0 Å². The van der Waals surface area contributed by atoms with E-state index in [-0.39, 0.29) is 6.54 Å². The number of rotatable bonds is 2. The third-order valence-electron chi connectivity index (χ3n) is 1.87. The van der Waals surface area contributed by atoms with Crippen LogP contribution >= 0.6 is 11.6 Å². The third-order valence-corrected chi connectivity index (χ3v) is 2.07. The molecule has 4 nitrogen and oxygen atoms in total. The van der Waals surface area contributed by atoms with Gasteiger partial charge in [0.25, 0.3) is 0 Å². The fraction of sp³-hybridized carbons (Fsp3) is 0.111. The number of hydrogen-bond donors (Lipinski definition) is 0. The maximum absolute atomic E-state index is 10.4. The molecule has 72 valence electrons. The van der Waals surface area contributed by atoms with E-state index in [1.807, 2.05) is 0 Å². The molecule has 0 aliphatic rings. The van der Waals surface area contributed by atoms with Gasteiger partial charge < -0.3 is 14.5 Å². The topological polar surface area (TPSA) is 57.9 Å². The van der Waals surface area contributed by atoms with Crippen molar-refractivity contribution < 1.29 is 9.90 Å². The molecule has 0 saturated carbocycles. The molecule has 0 unspecified atom stereocenters. The van der Waals surface area contributed by atoms with Gasteiger partial charge >= 0.3 is 0 Å². The highest BCUT2D eigenvalue weighted by molar-refractivity contribution is 6.31. The highest BCUT2D eigenvalue weighted by Crippen LogP contribution is 2.17. The molecule has 0 bridgehead atoms. The number of fused-ring (bicyclic) bond motifs is 1. The van der Waals surface area contributed by atoms with Crippen LogP contribution in [-0.4, -0.2) is 15.5 Å². The monoisotopic (exact) mass is 209 g/mol. The van der Waals surface area contributed by atoms with Crippen LogP contribution in [0.15, 0.2) is 24.5 Å². The molecule has 14 heavy (non-hydrogen) atoms. The van der Waals surface area contributed by atoms with Crippen molar-refractivity contribution in [3.8, 4) is 0 Å². The molecule has 2 aromatic rings. The predicted molar refractivity (Wildman–Crippen MR) is 49.8 cm³/mol. The molecule has 0 aliphatic heterocycles. The first kappa shape index (κ1) is 9.02. The van der Waals surface area contributed by atoms with E-state index >= 15 is 0 Å². The minimum Gasteiger partial charge on any atom is -0.548 e. The first-order valence-corrected chi connectivity index (χ1v) is 4.35. The molecule has 0 atom stereocenters. The fourth-order valence-corrected chi connectivity index (χ4v) is 1.48. The van der Waals surface area contributed by atoms with Gasteiger partial charge in [0.2, 0.25) is 0 Å². The number of carbonyl (C=O) groups is 1. The average Bonchev–Trinajstić information content (AvgIpc) is 2.47. The van der Waals surface area contributed by atoms with Crippen LogP contribution in [0.4, 0.5) is 0 Å². The number of aromatic nitrogens is 2. The summed E-state index contributed by atoms with van der Waals surface area (Å²) in [7, 11) is 0. The second kappa shape index (κ2) is 3.31. The summed E-state index contributed by atoms with van der Waals surface area (Å²) < 4.78 is 1.50. The van der Waals surface area contributed by atoms with Crippen molar-refractivity contribution in [2.45, 2.75) is 6.54 Å². The Kier molecular flexibility index (Phi) is 2.13. The Morgan fingerprint density at radius 3 is 3.14 bits per heavy atom. The molecule has 0 spiro atoms. The second-order valence-corrected chi connectivity index (χ2v) is 3.32. The van der Waals surface area contributed by atoms with E-state index in [1.165, 1.54) is 10.8 Å². The summed E-state index contributed by atoms with van der Waals surface area (Å²) >= 11 is 5.73. The van der Waals surface area contributed by atoms with Gasteiger partial charge in [-0.05, 0) is 12.1 Å². The zero-order chi connectivity index (χ0) is 10.1. The van der Waals surface area contributed by atoms with Crippen LogP contribution in [0.5, 0.6) is 0 Å². The summed E-state index contributed by atoms with van der Waals surface area (Å²) in [6.07, 6.45) is 3.12. The lowest BCUT2D eigenvalue weighted by Crippen LogP contribution is -2.27. The Balaban J connectivity index is 2.52. The molecule has 0 aromatic carbocycles. The van der Waals surface area contributed by atoms with Crippen LogP contribution in [0, 0.1) is 0 Å². The smallest absolute Gasteiger partial charge is 0.140 e. The van der Waals surface area contributed by atoms with Gasteiger partial charge in [-0.15, -0.1) is 0 Å². The number of hydrogen-bond acceptors (Lipinski definition) is 3. The van der Waals surface area contributed by atoms with Gasteiger partial charge in [0.15, 0.2) is 0 Å². The van der Waals surface area contributed by atoms with E-state index in [0.29, 0.717) is 10.7 Å². The Labute approximate surface area is 84.7 Å². The molecule has 0 N–H and O–H groups in total. The standard InChI is InChI=1S/C9H7ClN2O2/c10-7-3-6-1-2-12(5-8(13)14)9(6)11-4-7/h1-4H,5H2,(H,13,14)/p-1. The predicted octanol–water partition coefficient (Wildman–Crippen LogP) is 0.440. The van der Waals surface area contributed by atoms with Crippen molar-refractivity contribution in [3.63, 3.8) is 0 Å². The Bertz CT molecular complexity index is 493. The number of pyridine rings is 1. The molecule has 2 aromatic heterocycles. The Morgan fingerprint density at radius 2 is 2.43 bits per heavy atom. The normalized spacial score (nSPS) is 10.6. The van der Waals surface area contributed by atoms with Crippen molar-refractivity contribution in [1.82, 2.24) is 9.55 Å². The minimum atomic E-state index is -1.14. The first-order valence-electron chi connectivity index (χ1n) is 3.97. The summed E-state index contributed by atoms with van der Waals surface area (Å²) in [5.41, 5.74) is 0.596. The third kappa shape index (κ3) is 1.56. The number of aliphatic carboxylic acids is 1. The lowest BCUT2D eigenvalue weighted by molar-refractivity contribution is -0.306. The molecular weight excluding hydrogens is 204 g/mol. The van der Waals surface area contributed by atoms with Gasteiger partial charge in [0.05, 0.1) is 17.5 Å². The van der Waals surface area contributed by atoms with E-state index in [0.717, 1.165) is 5.39 Å². The first-order chi connectivity index (χ1) is 6.66. The average molecular weight is 210 g/mol. The summed E-state index contributed by atoms with van der Waals surface area (Å²) in [5.74, 6) is -1.14. The van der Waals surface area contributed by atoms with Gasteiger partial charge in [-0.3, -0.25) is 0 Å². The number of halogens is 1. The lowest BCUT2D eigenvalue weighted by Gasteiger charge is -2.04. The van der Waals surface area contributed by atoms with Gasteiger partial charge in [0.1, 0.15) is 5.65 Å². The van der Waals surface area contributed by atoms with Crippen LogP contribution in [0.1, 0.15) is 0 Å². The molecule has 0 fully saturated rings. The van der Waals surface area contributed by atoms with Crippen molar-refractivity contribution in [3.05, 3.63) is 29.5 Å². The van der Waals surface area contributed by atoms with Gasteiger partial charge in [-0.1, -0.05) is 11.6 Å². The van der Waals surface area contributed by atoms with E-state index in [1.54, 1.807) is 18.3 Å². The quantitative estimate of drug-likeness (QED) is 0.721. The highest BCUT2D eigenvalue weighted by atomic mass is 35.5. The molecule has 5 heteroatoms. The summed E-state index contributed by atoms with van der Waals surface area (Å²) in [5, 5.41) is 11.7. The SMILES string of the molecule is O=C([O-])Cn1ccc2cc(Cl)cnc21. The lowest BCUT2D eigenvalue weighted by atomic mass is 10.3. The summed E-state index contributed by atoms with van der Waals surface area (Å²) in [6.45, 7) is -0.196. The molecule has 0 saturated heterocycles. The summed E-state index contributed by atoms with van der Waals surface area (Å²) in [4.78, 5) is 14.4. The van der Waals surface area contributed by atoms with Crippen molar-refractivity contribution in [1.29, 1.82) is 0 Å². The molecule has 0 radical (unpaired) electrons. The fourth-order valence-electron chi connectivity index (χ4n) is 1.32. The second-order valence-electron chi connectivity index (χ2n) is 2.88.